The lowest BCUT2D eigenvalue weighted by atomic mass is 9.83. The summed E-state index contributed by atoms with van der Waals surface area (Å²) in [6, 6.07) is 7.19. The van der Waals surface area contributed by atoms with Crippen LogP contribution in [0.1, 0.15) is 120 Å². The van der Waals surface area contributed by atoms with E-state index in [9.17, 15) is 24.0 Å². The van der Waals surface area contributed by atoms with Crippen molar-refractivity contribution in [3.63, 3.8) is 0 Å². The Labute approximate surface area is 340 Å². The number of carbonyl (C=O) groups excluding carboxylic acids is 5. The van der Waals surface area contributed by atoms with Gasteiger partial charge in [-0.05, 0) is 122 Å². The standard InChI is InChI=1S/C44H68N6O7/c1-5-56-39(52)31-46-21-18-32(19-22-46)28-47-23-25-48(26-24-47)42(54)40(33-11-7-6-8-12-33)45-41(53)35-14-9-13-34(27-35)36-15-10-20-49(29-36)38(51)30-50(37-16-17-37)43(55)57-44(2,3)4/h9,13-14,27,32-33,36-37,40H,5-8,10-12,15-26,28-31H2,1-4H3,(H,45,53)/t36?,40-/m1/s1. The summed E-state index contributed by atoms with van der Waals surface area (Å²) in [5.74, 6) is 0.342. The quantitative estimate of drug-likeness (QED) is 0.278. The van der Waals surface area contributed by atoms with E-state index in [0.29, 0.717) is 50.8 Å². The Balaban J connectivity index is 1.02. The second-order valence-electron chi connectivity index (χ2n) is 18.1. The number of piperidine rings is 2. The normalized spacial score (nSPS) is 22.4. The number of nitrogens with zero attached hydrogens (tertiary/aromatic N) is 5. The van der Waals surface area contributed by atoms with Crippen LogP contribution in [-0.2, 0) is 23.9 Å². The van der Waals surface area contributed by atoms with Crippen molar-refractivity contribution in [2.75, 3.05) is 78.6 Å². The molecule has 2 aliphatic carbocycles. The Morgan fingerprint density at radius 2 is 1.54 bits per heavy atom. The molecule has 3 heterocycles. The second kappa shape index (κ2) is 19.8. The average molecular weight is 793 g/mol. The lowest BCUT2D eigenvalue weighted by molar-refractivity contribution is -0.145. The largest absolute Gasteiger partial charge is 0.465 e. The predicted octanol–water partition coefficient (Wildman–Crippen LogP) is 4.89. The van der Waals surface area contributed by atoms with Gasteiger partial charge in [0.05, 0.1) is 13.2 Å². The number of hydrogen-bond donors (Lipinski definition) is 1. The Morgan fingerprint density at radius 1 is 0.825 bits per heavy atom. The van der Waals surface area contributed by atoms with Crippen molar-refractivity contribution in [1.29, 1.82) is 0 Å². The number of benzene rings is 1. The van der Waals surface area contributed by atoms with E-state index in [4.69, 9.17) is 9.47 Å². The van der Waals surface area contributed by atoms with Crippen LogP contribution in [0.5, 0.6) is 0 Å². The molecule has 5 aliphatic rings. The van der Waals surface area contributed by atoms with Crippen LogP contribution in [-0.4, -0.2) is 151 Å². The second-order valence-corrected chi connectivity index (χ2v) is 18.1. The van der Waals surface area contributed by atoms with Gasteiger partial charge >= 0.3 is 12.1 Å². The molecule has 6 rings (SSSR count). The number of nitrogens with one attached hydrogen (secondary N) is 1. The first-order chi connectivity index (χ1) is 27.4. The number of amides is 4. The zero-order valence-electron chi connectivity index (χ0n) is 35.1. The fraction of sp³-hybridized carbons (Fsp3) is 0.750. The monoisotopic (exact) mass is 793 g/mol. The van der Waals surface area contributed by atoms with E-state index in [0.717, 1.165) is 109 Å². The summed E-state index contributed by atoms with van der Waals surface area (Å²) in [4.78, 5) is 76.7. The van der Waals surface area contributed by atoms with Crippen molar-refractivity contribution in [1.82, 2.24) is 29.8 Å². The molecular formula is C44H68N6O7. The molecule has 57 heavy (non-hydrogen) atoms. The third kappa shape index (κ3) is 12.4. The van der Waals surface area contributed by atoms with Crippen molar-refractivity contribution >= 4 is 29.8 Å². The number of piperazine rings is 1. The molecule has 1 N–H and O–H groups in total. The molecule has 1 aromatic carbocycles. The summed E-state index contributed by atoms with van der Waals surface area (Å²) in [5.41, 5.74) is 0.912. The van der Waals surface area contributed by atoms with Crippen molar-refractivity contribution in [2.24, 2.45) is 11.8 Å². The van der Waals surface area contributed by atoms with Crippen molar-refractivity contribution in [2.45, 2.75) is 122 Å². The molecule has 3 saturated heterocycles. The van der Waals surface area contributed by atoms with Crippen LogP contribution >= 0.6 is 0 Å². The van der Waals surface area contributed by atoms with E-state index in [2.05, 4.69) is 15.1 Å². The van der Waals surface area contributed by atoms with Gasteiger partial charge in [0, 0.05) is 63.3 Å². The number of likely N-dealkylation sites (tertiary alicyclic amines) is 2. The van der Waals surface area contributed by atoms with Gasteiger partial charge in [-0.2, -0.15) is 0 Å². The molecule has 1 unspecified atom stereocenters. The van der Waals surface area contributed by atoms with Gasteiger partial charge in [-0.25, -0.2) is 4.79 Å². The van der Waals surface area contributed by atoms with Crippen LogP contribution in [0.15, 0.2) is 24.3 Å². The molecule has 0 aromatic heterocycles. The first-order valence-corrected chi connectivity index (χ1v) is 21.9. The van der Waals surface area contributed by atoms with Crippen molar-refractivity contribution in [3.8, 4) is 0 Å². The van der Waals surface area contributed by atoms with Crippen LogP contribution in [0.25, 0.3) is 0 Å². The third-order valence-electron chi connectivity index (χ3n) is 12.6. The predicted molar refractivity (Wildman–Crippen MR) is 218 cm³/mol. The van der Waals surface area contributed by atoms with E-state index < -0.39 is 17.7 Å². The van der Waals surface area contributed by atoms with Crippen LogP contribution in [0, 0.1) is 11.8 Å². The van der Waals surface area contributed by atoms with Gasteiger partial charge in [0.15, 0.2) is 0 Å². The van der Waals surface area contributed by atoms with E-state index in [1.54, 1.807) is 4.90 Å². The molecular weight excluding hydrogens is 725 g/mol. The summed E-state index contributed by atoms with van der Waals surface area (Å²) in [6.07, 6.45) is 10.4. The molecule has 2 atom stereocenters. The maximum Gasteiger partial charge on any atom is 0.411 e. The molecule has 1 aromatic rings. The number of rotatable bonds is 13. The number of esters is 1. The number of carbonyl (C=O) groups is 5. The zero-order chi connectivity index (χ0) is 40.5. The Hall–Kier alpha value is -3.71. The van der Waals surface area contributed by atoms with Gasteiger partial charge in [0.1, 0.15) is 18.2 Å². The fourth-order valence-electron chi connectivity index (χ4n) is 9.21. The van der Waals surface area contributed by atoms with Crippen LogP contribution in [0.2, 0.25) is 0 Å². The maximum absolute atomic E-state index is 14.3. The topological polar surface area (TPSA) is 132 Å². The highest BCUT2D eigenvalue weighted by Gasteiger charge is 2.39. The van der Waals surface area contributed by atoms with E-state index >= 15 is 0 Å². The summed E-state index contributed by atoms with van der Waals surface area (Å²) in [7, 11) is 0. The Morgan fingerprint density at radius 3 is 2.21 bits per heavy atom. The average Bonchev–Trinajstić information content (AvgIpc) is 4.05. The Kier molecular flexibility index (Phi) is 14.9. The van der Waals surface area contributed by atoms with Gasteiger partial charge in [0.2, 0.25) is 11.8 Å². The fourth-order valence-corrected chi connectivity index (χ4v) is 9.21. The van der Waals surface area contributed by atoms with Gasteiger partial charge in [0.25, 0.3) is 5.91 Å². The van der Waals surface area contributed by atoms with Crippen LogP contribution in [0.3, 0.4) is 0 Å². The molecule has 13 heteroatoms. The summed E-state index contributed by atoms with van der Waals surface area (Å²) in [5, 5.41) is 3.23. The lowest BCUT2D eigenvalue weighted by Crippen LogP contribution is -2.57. The Bertz CT molecular complexity index is 1540. The van der Waals surface area contributed by atoms with Crippen molar-refractivity contribution in [3.05, 3.63) is 35.4 Å². The highest BCUT2D eigenvalue weighted by Crippen LogP contribution is 2.32. The summed E-state index contributed by atoms with van der Waals surface area (Å²) < 4.78 is 10.7. The van der Waals surface area contributed by atoms with Crippen LogP contribution < -0.4 is 5.32 Å². The maximum atomic E-state index is 14.3. The van der Waals surface area contributed by atoms with E-state index in [-0.39, 0.29) is 48.1 Å². The van der Waals surface area contributed by atoms with Gasteiger partial charge < -0.3 is 24.6 Å². The van der Waals surface area contributed by atoms with E-state index in [1.165, 1.54) is 0 Å². The van der Waals surface area contributed by atoms with E-state index in [1.807, 2.05) is 61.8 Å². The van der Waals surface area contributed by atoms with Crippen LogP contribution in [0.4, 0.5) is 4.79 Å². The van der Waals surface area contributed by atoms with Gasteiger partial charge in [-0.1, -0.05) is 31.4 Å². The summed E-state index contributed by atoms with van der Waals surface area (Å²) in [6.45, 7) is 15.1. The zero-order valence-corrected chi connectivity index (χ0v) is 35.1. The highest BCUT2D eigenvalue weighted by molar-refractivity contribution is 5.98. The molecule has 316 valence electrons. The molecule has 3 aliphatic heterocycles. The number of ether oxygens (including phenoxy) is 2. The summed E-state index contributed by atoms with van der Waals surface area (Å²) >= 11 is 0. The minimum Gasteiger partial charge on any atom is -0.465 e. The van der Waals surface area contributed by atoms with Crippen molar-refractivity contribution < 1.29 is 33.4 Å². The molecule has 0 bridgehead atoms. The first-order valence-electron chi connectivity index (χ1n) is 21.9. The van der Waals surface area contributed by atoms with Gasteiger partial charge in [-0.3, -0.25) is 33.9 Å². The minimum absolute atomic E-state index is 0.0135. The minimum atomic E-state index is -0.630. The molecule has 2 saturated carbocycles. The molecule has 0 spiro atoms. The lowest BCUT2D eigenvalue weighted by Gasteiger charge is -2.40. The third-order valence-corrected chi connectivity index (χ3v) is 12.6. The van der Waals surface area contributed by atoms with Gasteiger partial charge in [-0.15, -0.1) is 0 Å². The molecule has 0 radical (unpaired) electrons. The SMILES string of the molecule is CCOC(=O)CN1CCC(CN2CCN(C(=O)[C@H](NC(=O)c3cccc(C4CCCN(C(=O)CN(C(=O)OC(C)(C)C)C5CC5)C4)c3)C3CCCCC3)CC2)CC1. The smallest absolute Gasteiger partial charge is 0.411 e. The highest BCUT2D eigenvalue weighted by atomic mass is 16.6. The molecule has 4 amide bonds. The molecule has 13 nitrogen and oxygen atoms in total. The first kappa shape index (κ1) is 42.9. The number of hydrogen-bond acceptors (Lipinski definition) is 9. The molecule has 5 fully saturated rings.